The lowest BCUT2D eigenvalue weighted by atomic mass is 9.83. The summed E-state index contributed by atoms with van der Waals surface area (Å²) in [4.78, 5) is 69.1. The van der Waals surface area contributed by atoms with Gasteiger partial charge in [-0.2, -0.15) is 4.31 Å². The van der Waals surface area contributed by atoms with Gasteiger partial charge >= 0.3 is 6.03 Å². The lowest BCUT2D eigenvalue weighted by molar-refractivity contribution is -0.143. The van der Waals surface area contributed by atoms with Crippen LogP contribution in [-0.2, 0) is 35.7 Å². The highest BCUT2D eigenvalue weighted by Gasteiger charge is 2.45. The first-order chi connectivity index (χ1) is 24.6. The predicted octanol–water partition coefficient (Wildman–Crippen LogP) is 3.41. The zero-order chi connectivity index (χ0) is 38.2. The van der Waals surface area contributed by atoms with Crippen LogP contribution < -0.4 is 21.3 Å². The molecule has 2 heterocycles. The number of fused-ring (bicyclic) bond motifs is 1. The number of amides is 5. The van der Waals surface area contributed by atoms with Crippen LogP contribution in [0.15, 0.2) is 54.5 Å². The standard InChI is InChI=1S/C38H56N6O7S/c1-7-15-28(32(45)35(47)39-20-8-2)40-34(46)30-21-25(9-3)22-44(30)36(48)33(38(4,5)6)42-37(49)41-29(26-16-11-10-12-17-26)24-43-23-27-18-13-14-19-31(27)52(43,50)51/h8-9,13-14,18-19,25-26,28-30,33H,2-3,7,10-12,15-17,20-24H2,1,4-6H3,(H,39,47)(H,40,46)(H2,41,42,49)/t25-,28?,29-,30+,33-/m1/s1. The maximum absolute atomic E-state index is 14.4. The number of nitrogens with zero attached hydrogens (tertiary/aromatic N) is 2. The SMILES string of the molecule is C=CCNC(=O)C(=O)C(CCC)NC(=O)[C@@H]1C[C@@H](C=C)CN1C(=O)[C@@H](NC(=O)N[C@H](CN1Cc2ccccc2S1(=O)=O)C1CCCCC1)C(C)(C)C. The van der Waals surface area contributed by atoms with Crippen molar-refractivity contribution in [2.45, 2.75) is 115 Å². The second-order valence-corrected chi connectivity index (χ2v) is 17.2. The molecule has 0 aromatic heterocycles. The van der Waals surface area contributed by atoms with Crippen molar-refractivity contribution in [2.75, 3.05) is 19.6 Å². The minimum Gasteiger partial charge on any atom is -0.346 e. The number of hydrogen-bond donors (Lipinski definition) is 4. The number of carbonyl (C=O) groups excluding carboxylic acids is 5. The van der Waals surface area contributed by atoms with Crippen LogP contribution in [0.4, 0.5) is 4.79 Å². The van der Waals surface area contributed by atoms with Gasteiger partial charge in [0, 0.05) is 32.2 Å². The van der Waals surface area contributed by atoms with Gasteiger partial charge in [-0.15, -0.1) is 13.2 Å². The van der Waals surface area contributed by atoms with Crippen molar-refractivity contribution in [3.63, 3.8) is 0 Å². The molecule has 1 unspecified atom stereocenters. The molecule has 3 aliphatic rings. The molecular weight excluding hydrogens is 685 g/mol. The topological polar surface area (TPSA) is 174 Å². The smallest absolute Gasteiger partial charge is 0.315 e. The molecule has 52 heavy (non-hydrogen) atoms. The first-order valence-electron chi connectivity index (χ1n) is 18.4. The van der Waals surface area contributed by atoms with E-state index >= 15 is 0 Å². The average Bonchev–Trinajstić information content (AvgIpc) is 3.66. The van der Waals surface area contributed by atoms with Gasteiger partial charge in [0.25, 0.3) is 5.91 Å². The van der Waals surface area contributed by atoms with Gasteiger partial charge in [0.05, 0.1) is 10.9 Å². The van der Waals surface area contributed by atoms with Crippen molar-refractivity contribution in [3.05, 3.63) is 55.1 Å². The first kappa shape index (κ1) is 40.7. The molecule has 5 atom stereocenters. The fourth-order valence-corrected chi connectivity index (χ4v) is 9.11. The van der Waals surface area contributed by atoms with E-state index in [-0.39, 0.29) is 55.8 Å². The van der Waals surface area contributed by atoms with Crippen molar-refractivity contribution in [3.8, 4) is 0 Å². The summed E-state index contributed by atoms with van der Waals surface area (Å²) in [6.07, 6.45) is 8.87. The Morgan fingerprint density at radius 1 is 1.00 bits per heavy atom. The molecule has 2 fully saturated rings. The van der Waals surface area contributed by atoms with Crippen molar-refractivity contribution in [1.82, 2.24) is 30.5 Å². The molecule has 0 radical (unpaired) electrons. The predicted molar refractivity (Wildman–Crippen MR) is 198 cm³/mol. The summed E-state index contributed by atoms with van der Waals surface area (Å²) in [7, 11) is -3.73. The molecule has 13 nitrogen and oxygen atoms in total. The first-order valence-corrected chi connectivity index (χ1v) is 19.9. The van der Waals surface area contributed by atoms with E-state index < -0.39 is 69.1 Å². The quantitative estimate of drug-likeness (QED) is 0.158. The van der Waals surface area contributed by atoms with Crippen LogP contribution in [-0.4, -0.2) is 91.0 Å². The molecular formula is C38H56N6O7S. The number of benzene rings is 1. The summed E-state index contributed by atoms with van der Waals surface area (Å²) in [5.74, 6) is -2.81. The second kappa shape index (κ2) is 17.7. The van der Waals surface area contributed by atoms with E-state index in [0.29, 0.717) is 6.42 Å². The van der Waals surface area contributed by atoms with Crippen LogP contribution in [0, 0.1) is 17.3 Å². The average molecular weight is 741 g/mol. The van der Waals surface area contributed by atoms with Gasteiger partial charge in [0.2, 0.25) is 27.6 Å². The Bertz CT molecular complexity index is 1620. The fraction of sp³-hybridized carbons (Fsp3) is 0.605. The van der Waals surface area contributed by atoms with Crippen molar-refractivity contribution in [1.29, 1.82) is 0 Å². The molecule has 0 spiro atoms. The van der Waals surface area contributed by atoms with Gasteiger partial charge in [0.1, 0.15) is 12.1 Å². The van der Waals surface area contributed by atoms with Crippen molar-refractivity contribution < 1.29 is 32.4 Å². The Labute approximate surface area is 308 Å². The number of rotatable bonds is 15. The highest BCUT2D eigenvalue weighted by molar-refractivity contribution is 7.89. The van der Waals surface area contributed by atoms with E-state index in [1.54, 1.807) is 24.3 Å². The summed E-state index contributed by atoms with van der Waals surface area (Å²) < 4.78 is 28.3. The van der Waals surface area contributed by atoms with Gasteiger partial charge < -0.3 is 26.2 Å². The van der Waals surface area contributed by atoms with E-state index in [2.05, 4.69) is 34.4 Å². The second-order valence-electron chi connectivity index (χ2n) is 15.3. The number of carbonyl (C=O) groups is 5. The number of nitrogens with one attached hydrogen (secondary N) is 4. The highest BCUT2D eigenvalue weighted by Crippen LogP contribution is 2.33. The monoisotopic (exact) mass is 740 g/mol. The lowest BCUT2D eigenvalue weighted by Crippen LogP contribution is -2.61. The fourth-order valence-electron chi connectivity index (χ4n) is 7.45. The van der Waals surface area contributed by atoms with Crippen molar-refractivity contribution >= 4 is 39.6 Å². The van der Waals surface area contributed by atoms with Crippen LogP contribution in [0.25, 0.3) is 0 Å². The Morgan fingerprint density at radius 2 is 1.69 bits per heavy atom. The van der Waals surface area contributed by atoms with Crippen LogP contribution in [0.3, 0.4) is 0 Å². The number of hydrogen-bond acceptors (Lipinski definition) is 7. The third kappa shape index (κ3) is 9.68. The molecule has 1 saturated heterocycles. The van der Waals surface area contributed by atoms with Gasteiger partial charge in [-0.3, -0.25) is 19.2 Å². The van der Waals surface area contributed by atoms with E-state index in [4.69, 9.17) is 0 Å². The number of urea groups is 1. The van der Waals surface area contributed by atoms with Gasteiger partial charge in [-0.05, 0) is 54.6 Å². The highest BCUT2D eigenvalue weighted by atomic mass is 32.2. The summed E-state index contributed by atoms with van der Waals surface area (Å²) >= 11 is 0. The molecule has 0 bridgehead atoms. The zero-order valence-corrected chi connectivity index (χ0v) is 31.8. The Kier molecular flexibility index (Phi) is 13.8. The Hall–Kier alpha value is -4.04. The molecule has 14 heteroatoms. The Balaban J connectivity index is 1.52. The molecule has 2 aliphatic heterocycles. The summed E-state index contributed by atoms with van der Waals surface area (Å²) in [6.45, 7) is 15.3. The maximum atomic E-state index is 14.4. The van der Waals surface area contributed by atoms with E-state index in [9.17, 15) is 32.4 Å². The van der Waals surface area contributed by atoms with Crippen LogP contribution in [0.2, 0.25) is 0 Å². The van der Waals surface area contributed by atoms with E-state index in [1.165, 1.54) is 15.3 Å². The van der Waals surface area contributed by atoms with Crippen LogP contribution in [0.5, 0.6) is 0 Å². The minimum absolute atomic E-state index is 0.0554. The molecule has 1 aromatic rings. The maximum Gasteiger partial charge on any atom is 0.315 e. The minimum atomic E-state index is -3.73. The van der Waals surface area contributed by atoms with Gasteiger partial charge in [-0.25, -0.2) is 13.2 Å². The molecule has 5 amide bonds. The normalized spacial score (nSPS) is 22.0. The molecule has 286 valence electrons. The molecule has 4 rings (SSSR count). The van der Waals surface area contributed by atoms with Crippen LogP contribution >= 0.6 is 0 Å². The van der Waals surface area contributed by atoms with E-state index in [1.807, 2.05) is 33.8 Å². The summed E-state index contributed by atoms with van der Waals surface area (Å²) in [5.41, 5.74) is -0.0672. The molecule has 1 saturated carbocycles. The third-order valence-corrected chi connectivity index (χ3v) is 12.3. The number of sulfonamides is 1. The molecule has 1 aliphatic carbocycles. The van der Waals surface area contributed by atoms with Crippen molar-refractivity contribution in [2.24, 2.45) is 17.3 Å². The lowest BCUT2D eigenvalue weighted by Gasteiger charge is -2.37. The largest absolute Gasteiger partial charge is 0.346 e. The number of likely N-dealkylation sites (tertiary alicyclic amines) is 1. The molecule has 4 N–H and O–H groups in total. The van der Waals surface area contributed by atoms with E-state index in [0.717, 1.165) is 37.7 Å². The van der Waals surface area contributed by atoms with Crippen LogP contribution in [0.1, 0.15) is 84.6 Å². The zero-order valence-electron chi connectivity index (χ0n) is 31.0. The number of Topliss-reactive ketones (excluding diaryl/α,β-unsaturated/α-hetero) is 1. The molecule has 1 aromatic carbocycles. The van der Waals surface area contributed by atoms with Gasteiger partial charge in [-0.1, -0.05) is 83.7 Å². The summed E-state index contributed by atoms with van der Waals surface area (Å²) in [6, 6.07) is 2.72. The third-order valence-electron chi connectivity index (χ3n) is 10.4. The number of ketones is 1. The Morgan fingerprint density at radius 3 is 2.31 bits per heavy atom. The van der Waals surface area contributed by atoms with Gasteiger partial charge in [0.15, 0.2) is 0 Å². The summed E-state index contributed by atoms with van der Waals surface area (Å²) in [5, 5.41) is 11.1.